The van der Waals surface area contributed by atoms with Crippen LogP contribution in [0.1, 0.15) is 12.8 Å². The molecule has 0 spiro atoms. The van der Waals surface area contributed by atoms with Gasteiger partial charge in [-0.2, -0.15) is 0 Å². The second-order valence-corrected chi connectivity index (χ2v) is 6.41. The molecule has 4 unspecified atom stereocenters. The SMILES string of the molecule is C[N+]12CCCN(CCN3CCCN(CC1)C3)C2. The van der Waals surface area contributed by atoms with Crippen molar-refractivity contribution < 1.29 is 4.48 Å². The van der Waals surface area contributed by atoms with Crippen LogP contribution in [0.5, 0.6) is 0 Å². The summed E-state index contributed by atoms with van der Waals surface area (Å²) in [6.07, 6.45) is 2.75. The van der Waals surface area contributed by atoms with E-state index < -0.39 is 0 Å². The Hall–Kier alpha value is -0.160. The van der Waals surface area contributed by atoms with Gasteiger partial charge >= 0.3 is 0 Å². The zero-order chi connectivity index (χ0) is 11.7. The Balaban J connectivity index is 1.70. The molecule has 3 aliphatic rings. The van der Waals surface area contributed by atoms with Crippen molar-refractivity contribution in [2.24, 2.45) is 0 Å². The van der Waals surface area contributed by atoms with Gasteiger partial charge in [0.05, 0.1) is 26.8 Å². The summed E-state index contributed by atoms with van der Waals surface area (Å²) in [5.74, 6) is 0. The van der Waals surface area contributed by atoms with E-state index in [1.54, 1.807) is 0 Å². The average molecular weight is 239 g/mol. The summed E-state index contributed by atoms with van der Waals surface area (Å²) in [4.78, 5) is 8.00. The van der Waals surface area contributed by atoms with Crippen molar-refractivity contribution in [2.75, 3.05) is 72.7 Å². The van der Waals surface area contributed by atoms with Crippen LogP contribution >= 0.6 is 0 Å². The molecule has 3 saturated heterocycles. The number of fused-ring (bicyclic) bond motifs is 4. The summed E-state index contributed by atoms with van der Waals surface area (Å²) in [7, 11) is 2.45. The van der Waals surface area contributed by atoms with Crippen molar-refractivity contribution >= 4 is 0 Å². The molecule has 4 heteroatoms. The Labute approximate surface area is 105 Å². The second-order valence-electron chi connectivity index (χ2n) is 6.41. The molecule has 17 heavy (non-hydrogen) atoms. The van der Waals surface area contributed by atoms with E-state index in [1.807, 2.05) is 0 Å². The van der Waals surface area contributed by atoms with E-state index in [-0.39, 0.29) is 0 Å². The topological polar surface area (TPSA) is 9.72 Å². The van der Waals surface area contributed by atoms with Gasteiger partial charge in [-0.1, -0.05) is 0 Å². The lowest BCUT2D eigenvalue weighted by Crippen LogP contribution is -2.61. The highest BCUT2D eigenvalue weighted by Crippen LogP contribution is 2.16. The molecule has 4 nitrogen and oxygen atoms in total. The Morgan fingerprint density at radius 1 is 0.706 bits per heavy atom. The van der Waals surface area contributed by atoms with E-state index in [4.69, 9.17) is 0 Å². The van der Waals surface area contributed by atoms with Crippen LogP contribution in [-0.2, 0) is 0 Å². The van der Waals surface area contributed by atoms with Crippen molar-refractivity contribution in [2.45, 2.75) is 12.8 Å². The van der Waals surface area contributed by atoms with Crippen molar-refractivity contribution in [1.82, 2.24) is 14.7 Å². The first-order valence-electron chi connectivity index (χ1n) is 7.24. The minimum atomic E-state index is 1.22. The lowest BCUT2D eigenvalue weighted by Gasteiger charge is -2.46. The van der Waals surface area contributed by atoms with Gasteiger partial charge in [-0.25, -0.2) is 0 Å². The standard InChI is InChI=1S/C13H27N4/c1-17-10-3-6-16(13-17)8-7-14-4-2-5-15(12-14)9-11-17/h2-13H2,1H3/q+1. The molecule has 0 aromatic carbocycles. The molecule has 3 aliphatic heterocycles. The van der Waals surface area contributed by atoms with Gasteiger partial charge in [0.25, 0.3) is 0 Å². The van der Waals surface area contributed by atoms with Gasteiger partial charge in [0.1, 0.15) is 6.67 Å². The normalized spacial score (nSPS) is 47.5. The molecular formula is C13H27N4+. The lowest BCUT2D eigenvalue weighted by atomic mass is 10.2. The van der Waals surface area contributed by atoms with Crippen LogP contribution in [-0.4, -0.2) is 91.9 Å². The monoisotopic (exact) mass is 239 g/mol. The second kappa shape index (κ2) is 4.84. The van der Waals surface area contributed by atoms with Gasteiger partial charge < -0.3 is 4.48 Å². The van der Waals surface area contributed by atoms with Crippen LogP contribution in [0.3, 0.4) is 0 Å². The van der Waals surface area contributed by atoms with Crippen molar-refractivity contribution in [3.05, 3.63) is 0 Å². The molecule has 0 aromatic heterocycles. The molecule has 4 bridgehead atoms. The summed E-state index contributed by atoms with van der Waals surface area (Å²) >= 11 is 0. The van der Waals surface area contributed by atoms with Gasteiger partial charge in [0.2, 0.25) is 0 Å². The molecule has 0 N–H and O–H groups in total. The van der Waals surface area contributed by atoms with Gasteiger partial charge in [0.15, 0.2) is 0 Å². The van der Waals surface area contributed by atoms with Crippen molar-refractivity contribution in [3.8, 4) is 0 Å². The fraction of sp³-hybridized carbons (Fsp3) is 1.00. The number of hydrogen-bond acceptors (Lipinski definition) is 3. The van der Waals surface area contributed by atoms with Crippen LogP contribution in [0, 0.1) is 0 Å². The molecule has 0 aliphatic carbocycles. The third-order valence-corrected chi connectivity index (χ3v) is 4.75. The molecule has 98 valence electrons. The molecule has 3 rings (SSSR count). The quantitative estimate of drug-likeness (QED) is 0.554. The van der Waals surface area contributed by atoms with Crippen molar-refractivity contribution in [1.29, 1.82) is 0 Å². The zero-order valence-electron chi connectivity index (χ0n) is 11.3. The largest absolute Gasteiger partial charge is 0.312 e. The van der Waals surface area contributed by atoms with Crippen LogP contribution in [0.2, 0.25) is 0 Å². The first-order chi connectivity index (χ1) is 8.23. The van der Waals surface area contributed by atoms with Crippen molar-refractivity contribution in [3.63, 3.8) is 0 Å². The van der Waals surface area contributed by atoms with E-state index in [1.165, 1.54) is 83.0 Å². The Morgan fingerprint density at radius 2 is 1.41 bits per heavy atom. The van der Waals surface area contributed by atoms with Gasteiger partial charge in [-0.15, -0.1) is 0 Å². The third kappa shape index (κ3) is 2.81. The summed E-state index contributed by atoms with van der Waals surface area (Å²) in [6, 6.07) is 0. The zero-order valence-corrected chi connectivity index (χ0v) is 11.3. The molecule has 4 atom stereocenters. The molecule has 0 saturated carbocycles. The summed E-state index contributed by atoms with van der Waals surface area (Å²) in [5.41, 5.74) is 0. The first kappa shape index (κ1) is 11.9. The minimum Gasteiger partial charge on any atom is -0.312 e. The highest BCUT2D eigenvalue weighted by molar-refractivity contribution is 4.72. The number of nitrogens with zero attached hydrogens (tertiary/aromatic N) is 4. The van der Waals surface area contributed by atoms with Crippen LogP contribution in [0.25, 0.3) is 0 Å². The smallest absolute Gasteiger partial charge is 0.134 e. The lowest BCUT2D eigenvalue weighted by molar-refractivity contribution is -0.924. The first-order valence-corrected chi connectivity index (χ1v) is 7.24. The van der Waals surface area contributed by atoms with Crippen LogP contribution < -0.4 is 0 Å². The van der Waals surface area contributed by atoms with Crippen LogP contribution in [0.15, 0.2) is 0 Å². The van der Waals surface area contributed by atoms with E-state index in [0.29, 0.717) is 0 Å². The van der Waals surface area contributed by atoms with Gasteiger partial charge in [-0.05, 0) is 6.42 Å². The maximum Gasteiger partial charge on any atom is 0.134 e. The fourth-order valence-corrected chi connectivity index (χ4v) is 3.64. The highest BCUT2D eigenvalue weighted by Gasteiger charge is 2.32. The molecule has 3 heterocycles. The number of quaternary nitrogens is 1. The predicted molar refractivity (Wildman–Crippen MR) is 69.6 cm³/mol. The van der Waals surface area contributed by atoms with E-state index in [2.05, 4.69) is 21.7 Å². The number of hydrogen-bond donors (Lipinski definition) is 0. The van der Waals surface area contributed by atoms with E-state index in [0.717, 1.165) is 0 Å². The molecule has 0 radical (unpaired) electrons. The average Bonchev–Trinajstić information content (AvgIpc) is 2.34. The minimum absolute atomic E-state index is 1.22. The third-order valence-electron chi connectivity index (χ3n) is 4.75. The maximum atomic E-state index is 2.69. The predicted octanol–water partition coefficient (Wildman–Crippen LogP) is 0.0750. The number of likely N-dealkylation sites (N-methyl/N-ethyl adjacent to an activating group) is 1. The maximum absolute atomic E-state index is 2.69. The molecule has 0 aromatic rings. The summed E-state index contributed by atoms with van der Waals surface area (Å²) in [6.45, 7) is 13.0. The molecule has 0 amide bonds. The van der Waals surface area contributed by atoms with E-state index >= 15 is 0 Å². The molecular weight excluding hydrogens is 212 g/mol. The highest BCUT2D eigenvalue weighted by atomic mass is 15.5. The Bertz CT molecular complexity index is 270. The fourth-order valence-electron chi connectivity index (χ4n) is 3.64. The molecule has 3 fully saturated rings. The van der Waals surface area contributed by atoms with E-state index in [9.17, 15) is 0 Å². The van der Waals surface area contributed by atoms with Gasteiger partial charge in [0, 0.05) is 45.7 Å². The van der Waals surface area contributed by atoms with Crippen LogP contribution in [0.4, 0.5) is 0 Å². The Kier molecular flexibility index (Phi) is 3.39. The van der Waals surface area contributed by atoms with Gasteiger partial charge in [-0.3, -0.25) is 14.7 Å². The summed E-state index contributed by atoms with van der Waals surface area (Å²) in [5, 5.41) is 0. The Morgan fingerprint density at radius 3 is 2.29 bits per heavy atom. The number of rotatable bonds is 0. The summed E-state index contributed by atoms with van der Waals surface area (Å²) < 4.78 is 1.27.